The van der Waals surface area contributed by atoms with Crippen LogP contribution >= 0.6 is 0 Å². The molecule has 25 heavy (non-hydrogen) atoms. The smallest absolute Gasteiger partial charge is 0.263 e. The van der Waals surface area contributed by atoms with E-state index in [1.807, 2.05) is 45.2 Å². The van der Waals surface area contributed by atoms with Gasteiger partial charge in [0, 0.05) is 38.6 Å². The average molecular weight is 341 g/mol. The number of aromatic nitrogens is 1. The highest BCUT2D eigenvalue weighted by Crippen LogP contribution is 2.12. The number of carbonyl (C=O) groups is 1. The molecule has 0 spiro atoms. The van der Waals surface area contributed by atoms with Gasteiger partial charge in [0.1, 0.15) is 5.56 Å². The third kappa shape index (κ3) is 4.72. The number of benzene rings is 1. The van der Waals surface area contributed by atoms with Gasteiger partial charge in [-0.25, -0.2) is 0 Å². The number of pyridine rings is 1. The molecule has 1 aromatic carbocycles. The first-order chi connectivity index (χ1) is 11.9. The van der Waals surface area contributed by atoms with Gasteiger partial charge in [-0.2, -0.15) is 0 Å². The molecule has 0 saturated carbocycles. The zero-order valence-corrected chi connectivity index (χ0v) is 15.5. The van der Waals surface area contributed by atoms with Crippen molar-refractivity contribution >= 4 is 11.6 Å². The fraction of sp³-hybridized carbons (Fsp3) is 0.400. The van der Waals surface area contributed by atoms with Crippen LogP contribution in [-0.2, 0) is 7.05 Å². The fourth-order valence-electron chi connectivity index (χ4n) is 2.83. The Morgan fingerprint density at radius 3 is 2.48 bits per heavy atom. The summed E-state index contributed by atoms with van der Waals surface area (Å²) in [5.41, 5.74) is 2.02. The van der Waals surface area contributed by atoms with E-state index in [4.69, 9.17) is 0 Å². The van der Waals surface area contributed by atoms with Gasteiger partial charge in [-0.05, 0) is 36.6 Å². The second-order valence-corrected chi connectivity index (χ2v) is 6.56. The van der Waals surface area contributed by atoms with Crippen LogP contribution in [0.1, 0.15) is 42.2 Å². The summed E-state index contributed by atoms with van der Waals surface area (Å²) in [4.78, 5) is 26.8. The minimum Gasteiger partial charge on any atom is -0.375 e. The molecule has 5 heteroatoms. The molecule has 1 aromatic heterocycles. The van der Waals surface area contributed by atoms with Crippen LogP contribution in [0.2, 0.25) is 0 Å². The highest BCUT2D eigenvalue weighted by Gasteiger charge is 2.14. The van der Waals surface area contributed by atoms with Crippen molar-refractivity contribution in [1.29, 1.82) is 0 Å². The van der Waals surface area contributed by atoms with Gasteiger partial charge in [0.2, 0.25) is 0 Å². The van der Waals surface area contributed by atoms with Gasteiger partial charge in [-0.3, -0.25) is 9.59 Å². The zero-order valence-electron chi connectivity index (χ0n) is 15.5. The molecule has 0 aliphatic heterocycles. The molecule has 0 radical (unpaired) electrons. The second kappa shape index (κ2) is 8.51. The topological polar surface area (TPSA) is 54.3 Å². The zero-order chi connectivity index (χ0) is 18.4. The maximum Gasteiger partial charge on any atom is 0.263 e. The van der Waals surface area contributed by atoms with Gasteiger partial charge in [0.15, 0.2) is 0 Å². The lowest BCUT2D eigenvalue weighted by Crippen LogP contribution is -2.34. The largest absolute Gasteiger partial charge is 0.375 e. The van der Waals surface area contributed by atoms with Crippen LogP contribution in [0.4, 0.5) is 5.69 Å². The lowest BCUT2D eigenvalue weighted by Gasteiger charge is -2.19. The predicted octanol–water partition coefficient (Wildman–Crippen LogP) is 2.77. The van der Waals surface area contributed by atoms with E-state index >= 15 is 0 Å². The number of hydrogen-bond donors (Lipinski definition) is 1. The summed E-state index contributed by atoms with van der Waals surface area (Å²) in [6.07, 6.45) is 0.807. The molecule has 2 aromatic rings. The maximum absolute atomic E-state index is 12.4. The standard InChI is InChI=1S/C20H27N3O2/c1-15(2)18-12-11-17(20(25)23(18)4)19(24)21-13-8-14-22(3)16-9-6-5-7-10-16/h5-7,9-12,15H,8,13-14H2,1-4H3,(H,21,24). The number of amides is 1. The number of carbonyl (C=O) groups excluding carboxylic acids is 1. The fourth-order valence-corrected chi connectivity index (χ4v) is 2.83. The Kier molecular flexibility index (Phi) is 6.39. The van der Waals surface area contributed by atoms with Crippen LogP contribution in [0.3, 0.4) is 0 Å². The molecule has 5 nitrogen and oxygen atoms in total. The summed E-state index contributed by atoms with van der Waals surface area (Å²) in [7, 11) is 3.74. The molecule has 0 fully saturated rings. The van der Waals surface area contributed by atoms with E-state index in [1.165, 1.54) is 0 Å². The van der Waals surface area contributed by atoms with Crippen molar-refractivity contribution in [2.75, 3.05) is 25.0 Å². The highest BCUT2D eigenvalue weighted by molar-refractivity contribution is 5.93. The summed E-state index contributed by atoms with van der Waals surface area (Å²) in [6.45, 7) is 5.41. The van der Waals surface area contributed by atoms with Crippen LogP contribution in [-0.4, -0.2) is 30.6 Å². The molecule has 0 aliphatic carbocycles. The third-order valence-corrected chi connectivity index (χ3v) is 4.33. The van der Waals surface area contributed by atoms with Crippen molar-refractivity contribution in [3.8, 4) is 0 Å². The molecular formula is C20H27N3O2. The summed E-state index contributed by atoms with van der Waals surface area (Å²) < 4.78 is 1.56. The monoisotopic (exact) mass is 341 g/mol. The average Bonchev–Trinajstić information content (AvgIpc) is 2.61. The Morgan fingerprint density at radius 2 is 1.84 bits per heavy atom. The van der Waals surface area contributed by atoms with Crippen molar-refractivity contribution in [3.05, 3.63) is 64.1 Å². The molecule has 0 unspecified atom stereocenters. The van der Waals surface area contributed by atoms with E-state index < -0.39 is 0 Å². The van der Waals surface area contributed by atoms with E-state index in [9.17, 15) is 9.59 Å². The van der Waals surface area contributed by atoms with E-state index in [0.717, 1.165) is 24.3 Å². The lowest BCUT2D eigenvalue weighted by atomic mass is 10.1. The van der Waals surface area contributed by atoms with Crippen LogP contribution < -0.4 is 15.8 Å². The number of nitrogens with one attached hydrogen (secondary N) is 1. The van der Waals surface area contributed by atoms with Gasteiger partial charge in [0.25, 0.3) is 11.5 Å². The highest BCUT2D eigenvalue weighted by atomic mass is 16.2. The molecule has 1 N–H and O–H groups in total. The maximum atomic E-state index is 12.4. The first-order valence-corrected chi connectivity index (χ1v) is 8.66. The Bertz CT molecular complexity index is 766. The van der Waals surface area contributed by atoms with E-state index in [0.29, 0.717) is 6.54 Å². The van der Waals surface area contributed by atoms with Crippen LogP contribution in [0.5, 0.6) is 0 Å². The molecule has 1 heterocycles. The molecule has 1 amide bonds. The van der Waals surface area contributed by atoms with E-state index in [2.05, 4.69) is 22.3 Å². The normalized spacial score (nSPS) is 10.8. The van der Waals surface area contributed by atoms with Gasteiger partial charge in [-0.15, -0.1) is 0 Å². The van der Waals surface area contributed by atoms with Gasteiger partial charge in [0.05, 0.1) is 0 Å². The summed E-state index contributed by atoms with van der Waals surface area (Å²) >= 11 is 0. The van der Waals surface area contributed by atoms with Crippen LogP contribution in [0.25, 0.3) is 0 Å². The molecule has 134 valence electrons. The molecular weight excluding hydrogens is 314 g/mol. The van der Waals surface area contributed by atoms with Gasteiger partial charge < -0.3 is 14.8 Å². The first-order valence-electron chi connectivity index (χ1n) is 8.66. The third-order valence-electron chi connectivity index (χ3n) is 4.33. The van der Waals surface area contributed by atoms with Gasteiger partial charge in [-0.1, -0.05) is 32.0 Å². The molecule has 0 bridgehead atoms. The number of rotatable bonds is 7. The molecule has 0 aliphatic rings. The minimum atomic E-state index is -0.307. The lowest BCUT2D eigenvalue weighted by molar-refractivity contribution is 0.0951. The van der Waals surface area contributed by atoms with E-state index in [-0.39, 0.29) is 22.9 Å². The Balaban J connectivity index is 1.89. The number of nitrogens with zero attached hydrogens (tertiary/aromatic N) is 2. The van der Waals surface area contributed by atoms with Crippen molar-refractivity contribution in [2.45, 2.75) is 26.2 Å². The predicted molar refractivity (Wildman–Crippen MR) is 102 cm³/mol. The Hall–Kier alpha value is -2.56. The first kappa shape index (κ1) is 18.8. The number of anilines is 1. The quantitative estimate of drug-likeness (QED) is 0.788. The second-order valence-electron chi connectivity index (χ2n) is 6.56. The van der Waals surface area contributed by atoms with Gasteiger partial charge >= 0.3 is 0 Å². The summed E-state index contributed by atoms with van der Waals surface area (Å²) in [6, 6.07) is 13.6. The summed E-state index contributed by atoms with van der Waals surface area (Å²) in [5, 5.41) is 2.84. The van der Waals surface area contributed by atoms with Crippen LogP contribution in [0, 0.1) is 0 Å². The van der Waals surface area contributed by atoms with Crippen LogP contribution in [0.15, 0.2) is 47.3 Å². The van der Waals surface area contributed by atoms with Crippen molar-refractivity contribution < 1.29 is 4.79 Å². The Morgan fingerprint density at radius 1 is 1.16 bits per heavy atom. The minimum absolute atomic E-state index is 0.198. The van der Waals surface area contributed by atoms with Crippen molar-refractivity contribution in [2.24, 2.45) is 7.05 Å². The SMILES string of the molecule is CC(C)c1ccc(C(=O)NCCCN(C)c2ccccc2)c(=O)n1C. The van der Waals surface area contributed by atoms with Crippen molar-refractivity contribution in [1.82, 2.24) is 9.88 Å². The molecule has 0 atom stereocenters. The number of para-hydroxylation sites is 1. The summed E-state index contributed by atoms with van der Waals surface area (Å²) in [5.74, 6) is -0.0680. The van der Waals surface area contributed by atoms with E-state index in [1.54, 1.807) is 17.7 Å². The van der Waals surface area contributed by atoms with Crippen molar-refractivity contribution in [3.63, 3.8) is 0 Å². The molecule has 0 saturated heterocycles. The number of hydrogen-bond acceptors (Lipinski definition) is 3. The molecule has 2 rings (SSSR count). The Labute approximate surface area is 149 Å².